The Bertz CT molecular complexity index is 1140. The Morgan fingerprint density at radius 3 is 2.49 bits per heavy atom. The maximum atomic E-state index is 13.2. The fraction of sp³-hybridized carbons (Fsp3) is 0.280. The predicted octanol–water partition coefficient (Wildman–Crippen LogP) is 3.43. The van der Waals surface area contributed by atoms with E-state index in [1.54, 1.807) is 5.38 Å². The molecule has 3 aromatic rings. The third-order valence-electron chi connectivity index (χ3n) is 5.10. The lowest BCUT2D eigenvalue weighted by Gasteiger charge is -2.21. The standard InChI is InChI=1S/C25H27FN4O4S/c1-17(18-6-4-3-5-7-18)27-22(31)14-21-16-35-25(28-21)29-23(32)15-30(12-13-34-2)24(33)19-8-10-20(26)11-9-19/h3-11,16-17H,12-15H2,1-2H3,(H,27,31)(H,28,29,32). The average molecular weight is 499 g/mol. The molecule has 1 unspecified atom stereocenters. The van der Waals surface area contributed by atoms with Gasteiger partial charge in [0.1, 0.15) is 12.4 Å². The van der Waals surface area contributed by atoms with Crippen LogP contribution in [0, 0.1) is 5.82 Å². The number of anilines is 1. The van der Waals surface area contributed by atoms with E-state index in [0.717, 1.165) is 5.56 Å². The number of carbonyl (C=O) groups excluding carboxylic acids is 3. The van der Waals surface area contributed by atoms with E-state index in [9.17, 15) is 18.8 Å². The topological polar surface area (TPSA) is 101 Å². The lowest BCUT2D eigenvalue weighted by Crippen LogP contribution is -2.40. The van der Waals surface area contributed by atoms with Crippen LogP contribution >= 0.6 is 11.3 Å². The van der Waals surface area contributed by atoms with E-state index in [0.29, 0.717) is 10.8 Å². The van der Waals surface area contributed by atoms with Gasteiger partial charge in [0.15, 0.2) is 5.13 Å². The number of nitrogens with one attached hydrogen (secondary N) is 2. The van der Waals surface area contributed by atoms with Crippen LogP contribution in [0.25, 0.3) is 0 Å². The number of hydrogen-bond donors (Lipinski definition) is 2. The highest BCUT2D eigenvalue weighted by atomic mass is 32.1. The van der Waals surface area contributed by atoms with Crippen LogP contribution in [0.15, 0.2) is 60.0 Å². The summed E-state index contributed by atoms with van der Waals surface area (Å²) in [6.07, 6.45) is 0.0760. The van der Waals surface area contributed by atoms with Crippen molar-refractivity contribution < 1.29 is 23.5 Å². The van der Waals surface area contributed by atoms with Crippen molar-refractivity contribution >= 4 is 34.2 Å². The molecule has 0 aliphatic carbocycles. The normalized spacial score (nSPS) is 11.5. The summed E-state index contributed by atoms with van der Waals surface area (Å²) in [7, 11) is 1.49. The van der Waals surface area contributed by atoms with Gasteiger partial charge in [0.25, 0.3) is 5.91 Å². The van der Waals surface area contributed by atoms with Gasteiger partial charge < -0.3 is 20.3 Å². The minimum atomic E-state index is -0.453. The van der Waals surface area contributed by atoms with Gasteiger partial charge in [-0.15, -0.1) is 11.3 Å². The van der Waals surface area contributed by atoms with E-state index in [1.165, 1.54) is 47.6 Å². The number of ether oxygens (including phenoxy) is 1. The molecule has 0 spiro atoms. The van der Waals surface area contributed by atoms with Crippen molar-refractivity contribution in [1.82, 2.24) is 15.2 Å². The van der Waals surface area contributed by atoms with E-state index in [1.807, 2.05) is 37.3 Å². The molecule has 1 aromatic heterocycles. The summed E-state index contributed by atoms with van der Waals surface area (Å²) in [5.74, 6) is -1.49. The third kappa shape index (κ3) is 7.97. The molecule has 3 amide bonds. The molecule has 1 atom stereocenters. The molecule has 0 saturated carbocycles. The van der Waals surface area contributed by atoms with E-state index >= 15 is 0 Å². The molecule has 2 N–H and O–H groups in total. The van der Waals surface area contributed by atoms with Gasteiger partial charge >= 0.3 is 0 Å². The summed E-state index contributed by atoms with van der Waals surface area (Å²) >= 11 is 1.19. The Hall–Kier alpha value is -3.63. The molecular weight excluding hydrogens is 471 g/mol. The first kappa shape index (κ1) is 26.0. The Morgan fingerprint density at radius 2 is 1.80 bits per heavy atom. The largest absolute Gasteiger partial charge is 0.383 e. The summed E-state index contributed by atoms with van der Waals surface area (Å²) in [4.78, 5) is 43.4. The van der Waals surface area contributed by atoms with E-state index in [4.69, 9.17) is 4.74 Å². The maximum Gasteiger partial charge on any atom is 0.254 e. The zero-order chi connectivity index (χ0) is 25.2. The van der Waals surface area contributed by atoms with Gasteiger partial charge in [0.2, 0.25) is 11.8 Å². The second kappa shape index (κ2) is 12.7. The predicted molar refractivity (Wildman–Crippen MR) is 132 cm³/mol. The molecule has 1 heterocycles. The van der Waals surface area contributed by atoms with Gasteiger partial charge in [-0.25, -0.2) is 9.37 Å². The number of hydrogen-bond acceptors (Lipinski definition) is 6. The first-order chi connectivity index (χ1) is 16.9. The third-order valence-corrected chi connectivity index (χ3v) is 5.90. The number of methoxy groups -OCH3 is 1. The van der Waals surface area contributed by atoms with Crippen molar-refractivity contribution in [2.24, 2.45) is 0 Å². The first-order valence-electron chi connectivity index (χ1n) is 11.0. The van der Waals surface area contributed by atoms with Gasteiger partial charge in [-0.2, -0.15) is 0 Å². The van der Waals surface area contributed by atoms with Gasteiger partial charge in [-0.1, -0.05) is 30.3 Å². The molecule has 35 heavy (non-hydrogen) atoms. The number of thiazole rings is 1. The molecule has 0 aliphatic rings. The summed E-state index contributed by atoms with van der Waals surface area (Å²) in [5.41, 5.74) is 1.80. The van der Waals surface area contributed by atoms with E-state index in [2.05, 4.69) is 15.6 Å². The lowest BCUT2D eigenvalue weighted by atomic mass is 10.1. The van der Waals surface area contributed by atoms with Crippen molar-refractivity contribution in [3.8, 4) is 0 Å². The van der Waals surface area contributed by atoms with Crippen LogP contribution in [-0.4, -0.2) is 54.4 Å². The zero-order valence-electron chi connectivity index (χ0n) is 19.5. The quantitative estimate of drug-likeness (QED) is 0.422. The molecule has 0 radical (unpaired) electrons. The number of amides is 3. The van der Waals surface area contributed by atoms with Crippen LogP contribution in [0.3, 0.4) is 0 Å². The second-order valence-corrected chi connectivity index (χ2v) is 8.65. The Balaban J connectivity index is 1.55. The van der Waals surface area contributed by atoms with E-state index in [-0.39, 0.29) is 43.6 Å². The SMILES string of the molecule is COCCN(CC(=O)Nc1nc(CC(=O)NC(C)c2ccccc2)cs1)C(=O)c1ccc(F)cc1. The van der Waals surface area contributed by atoms with Crippen LogP contribution < -0.4 is 10.6 Å². The van der Waals surface area contributed by atoms with Crippen LogP contribution in [0.2, 0.25) is 0 Å². The van der Waals surface area contributed by atoms with Crippen LogP contribution in [0.4, 0.5) is 9.52 Å². The summed E-state index contributed by atoms with van der Waals surface area (Å²) in [5, 5.41) is 7.63. The number of aromatic nitrogens is 1. The summed E-state index contributed by atoms with van der Waals surface area (Å²) in [6, 6.07) is 14.6. The molecule has 8 nitrogen and oxygen atoms in total. The van der Waals surface area contributed by atoms with Crippen LogP contribution in [0.5, 0.6) is 0 Å². The van der Waals surface area contributed by atoms with Crippen LogP contribution in [0.1, 0.15) is 34.6 Å². The molecule has 184 valence electrons. The molecular formula is C25H27FN4O4S. The highest BCUT2D eigenvalue weighted by Gasteiger charge is 2.20. The van der Waals surface area contributed by atoms with Gasteiger partial charge in [-0.05, 0) is 36.8 Å². The first-order valence-corrected chi connectivity index (χ1v) is 11.9. The smallest absolute Gasteiger partial charge is 0.254 e. The molecule has 2 aromatic carbocycles. The Morgan fingerprint density at radius 1 is 1.09 bits per heavy atom. The fourth-order valence-corrected chi connectivity index (χ4v) is 4.02. The number of rotatable bonds is 11. The number of carbonyl (C=O) groups is 3. The minimum Gasteiger partial charge on any atom is -0.383 e. The number of nitrogens with zero attached hydrogens (tertiary/aromatic N) is 2. The van der Waals surface area contributed by atoms with Crippen molar-refractivity contribution in [3.63, 3.8) is 0 Å². The summed E-state index contributed by atoms with van der Waals surface area (Å²) < 4.78 is 18.2. The molecule has 0 fully saturated rings. The van der Waals surface area contributed by atoms with Crippen molar-refractivity contribution in [1.29, 1.82) is 0 Å². The fourth-order valence-electron chi connectivity index (χ4n) is 3.29. The minimum absolute atomic E-state index is 0.0760. The van der Waals surface area contributed by atoms with Gasteiger partial charge in [0.05, 0.1) is 24.8 Å². The van der Waals surface area contributed by atoms with Gasteiger partial charge in [0, 0.05) is 24.6 Å². The van der Waals surface area contributed by atoms with Gasteiger partial charge in [-0.3, -0.25) is 14.4 Å². The average Bonchev–Trinajstić information content (AvgIpc) is 3.28. The van der Waals surface area contributed by atoms with Crippen molar-refractivity contribution in [2.45, 2.75) is 19.4 Å². The molecule has 0 bridgehead atoms. The van der Waals surface area contributed by atoms with Crippen LogP contribution in [-0.2, 0) is 20.7 Å². The molecule has 10 heteroatoms. The number of halogens is 1. The molecule has 3 rings (SSSR count). The zero-order valence-corrected chi connectivity index (χ0v) is 20.3. The Labute approximate surface area is 207 Å². The second-order valence-electron chi connectivity index (χ2n) is 7.80. The molecule has 0 saturated heterocycles. The van der Waals surface area contributed by atoms with Crippen molar-refractivity contribution in [2.75, 3.05) is 32.1 Å². The highest BCUT2D eigenvalue weighted by molar-refractivity contribution is 7.13. The Kier molecular flexibility index (Phi) is 9.45. The number of benzene rings is 2. The lowest BCUT2D eigenvalue weighted by molar-refractivity contribution is -0.121. The van der Waals surface area contributed by atoms with Crippen molar-refractivity contribution in [3.05, 3.63) is 82.6 Å². The maximum absolute atomic E-state index is 13.2. The summed E-state index contributed by atoms with van der Waals surface area (Å²) in [6.45, 7) is 2.09. The molecule has 0 aliphatic heterocycles. The van der Waals surface area contributed by atoms with E-state index < -0.39 is 17.6 Å². The highest BCUT2D eigenvalue weighted by Crippen LogP contribution is 2.17. The monoisotopic (exact) mass is 498 g/mol.